The molecule has 1 saturated heterocycles. The van der Waals surface area contributed by atoms with Gasteiger partial charge in [0, 0.05) is 132 Å². The molecule has 3 N–H and O–H groups in total. The van der Waals surface area contributed by atoms with Gasteiger partial charge >= 0.3 is 0 Å². The number of nitrogens with zero attached hydrogens (tertiary/aromatic N) is 10. The van der Waals surface area contributed by atoms with Crippen LogP contribution in [0.25, 0.3) is 48.6 Å². The van der Waals surface area contributed by atoms with Crippen molar-refractivity contribution in [3.8, 4) is 0 Å². The van der Waals surface area contributed by atoms with Crippen molar-refractivity contribution in [1.82, 2.24) is 44.8 Å². The standard InChI is InChI=1S/C24H28N4O2.2C13H13NO.C12H12BrNO.C12H13NO2.C11H10BrNO.C6H5BrN2O/c1-3-17-11-19-14-25-20(12-18(19)13-24(17)30)16-27-7-9-28(10-8-27)21-5-6-22(26-15-21)23(29)4-2;2*1-3-9-5-11-8-14-12(4-2)6-10(11)7-13(9)15;1-2-8-3-10-7-14-11(6-13)4-9(10)5-12(8)15;1-2-8-3-10-6-13-11(7-14)4-9(10)5-12(8)15;1-2-7-3-9-6-13-11(12)5-8(9)4-10(7)14;7-6-1-5(8)4(3-10)2-9-6/h5-6,11-12,14-15H,3-4,7-10,13,16H2,1-2H3;2*4-6,8H,2-3,7H2,1H3;3-4,7H,2,5-6H2,1H3;3-4,6,14H,2,5,7H2,1H3;3,5-6H,2,4H2,1H3;1-3H,(H2,8,9). The average molecular weight is 1730 g/mol. The van der Waals surface area contributed by atoms with Gasteiger partial charge in [-0.15, -0.1) is 0 Å². The highest BCUT2D eigenvalue weighted by Gasteiger charge is 2.25. The summed E-state index contributed by atoms with van der Waals surface area (Å²) in [5.74, 6) is 1.43. The van der Waals surface area contributed by atoms with Crippen molar-refractivity contribution in [3.63, 3.8) is 0 Å². The smallest absolute Gasteiger partial charge is 0.180 e. The minimum absolute atomic E-state index is 0.0760. The normalized spacial score (nSPS) is 14.8. The van der Waals surface area contributed by atoms with Crippen molar-refractivity contribution in [1.29, 1.82) is 0 Å². The number of aliphatic hydroxyl groups excluding tert-OH is 1. The Bertz CT molecular complexity index is 5030. The number of hydrogen-bond acceptors (Lipinski definition) is 20. The van der Waals surface area contributed by atoms with E-state index in [0.29, 0.717) is 78.5 Å². The first-order chi connectivity index (χ1) is 55.0. The number of aliphatic hydroxyl groups is 1. The number of rotatable bonds is 16. The fourth-order valence-electron chi connectivity index (χ4n) is 13.4. The van der Waals surface area contributed by atoms with Gasteiger partial charge in [-0.2, -0.15) is 0 Å². The van der Waals surface area contributed by atoms with Crippen LogP contribution in [-0.4, -0.2) is 123 Å². The summed E-state index contributed by atoms with van der Waals surface area (Å²) in [5.41, 5.74) is 30.3. The molecular weight excluding hydrogens is 1630 g/mol. The largest absolute Gasteiger partial charge is 0.398 e. The minimum atomic E-state index is -0.0776. The van der Waals surface area contributed by atoms with Crippen LogP contribution < -0.4 is 10.6 Å². The van der Waals surface area contributed by atoms with Gasteiger partial charge in [0.1, 0.15) is 14.9 Å². The SMILES string of the molecule is C=Cc1cc2c(cn1)C=C(CC)C(=O)C2.C=Cc1cc2c(cn1)C=C(CC)C(=O)C2.CCC(=O)c1ccc(N2CCN(Cc3cc4c(cn3)C=C(CC)C(=O)C4)CC2)cn1.CCC1=Cc2cnc(Br)cc2CC1=O.CCC1=Cc2cnc(CBr)cc2CC1=O.CCC1=Cc2cnc(CO)cc2CC1=O.Nc1cc(Br)ncc1C=O. The Morgan fingerprint density at radius 1 is 0.447 bits per heavy atom. The third-order valence-electron chi connectivity index (χ3n) is 20.1. The zero-order valence-electron chi connectivity index (χ0n) is 65.5. The number of alkyl halides is 1. The van der Waals surface area contributed by atoms with Gasteiger partial charge in [0.2, 0.25) is 0 Å². The van der Waals surface area contributed by atoms with E-state index in [4.69, 9.17) is 10.8 Å². The average Bonchev–Trinajstić information content (AvgIpc) is 0.817. The second-order valence-corrected chi connectivity index (χ2v) is 29.8. The van der Waals surface area contributed by atoms with Crippen LogP contribution in [0.3, 0.4) is 0 Å². The maximum absolute atomic E-state index is 12.2. The summed E-state index contributed by atoms with van der Waals surface area (Å²) in [7, 11) is 0. The Kier molecular flexibility index (Phi) is 32.6. The Morgan fingerprint density at radius 3 is 1.16 bits per heavy atom. The van der Waals surface area contributed by atoms with Crippen molar-refractivity contribution in [2.45, 2.75) is 150 Å². The summed E-state index contributed by atoms with van der Waals surface area (Å²) < 4.78 is 1.42. The van der Waals surface area contributed by atoms with Gasteiger partial charge < -0.3 is 15.7 Å². The Balaban J connectivity index is 0.000000157. The van der Waals surface area contributed by atoms with E-state index in [0.717, 1.165) is 210 Å². The van der Waals surface area contributed by atoms with Crippen LogP contribution in [0.1, 0.15) is 209 Å². The number of piperazine rings is 1. The first-order valence-electron chi connectivity index (χ1n) is 38.2. The Hall–Kier alpha value is -10.6. The van der Waals surface area contributed by atoms with E-state index in [2.05, 4.69) is 117 Å². The highest BCUT2D eigenvalue weighted by Crippen LogP contribution is 2.31. The molecule has 0 atom stereocenters. The summed E-state index contributed by atoms with van der Waals surface area (Å²) in [6.07, 6.45) is 38.1. The Morgan fingerprint density at radius 2 is 0.798 bits per heavy atom. The van der Waals surface area contributed by atoms with Crippen molar-refractivity contribution in [2.24, 2.45) is 0 Å². The monoisotopic (exact) mass is 1720 g/mol. The topological polar surface area (TPSA) is 292 Å². The number of halogens is 3. The number of aromatic nitrogens is 8. The number of nitrogens with two attached hydrogens (primary N) is 1. The molecule has 114 heavy (non-hydrogen) atoms. The number of carbonyl (C=O) groups is 8. The number of hydrogen-bond donors (Lipinski definition) is 2. The molecule has 0 spiro atoms. The summed E-state index contributed by atoms with van der Waals surface area (Å²) in [6.45, 7) is 25.6. The Labute approximate surface area is 691 Å². The second-order valence-electron chi connectivity index (χ2n) is 27.6. The van der Waals surface area contributed by atoms with Crippen LogP contribution in [0.15, 0.2) is 160 Å². The number of carbonyl (C=O) groups excluding carboxylic acids is 8. The van der Waals surface area contributed by atoms with Gasteiger partial charge in [-0.3, -0.25) is 73.2 Å². The number of nitrogen functional groups attached to an aromatic ring is 1. The van der Waals surface area contributed by atoms with E-state index in [9.17, 15) is 38.4 Å². The van der Waals surface area contributed by atoms with E-state index >= 15 is 0 Å². The molecule has 0 amide bonds. The molecule has 1 aliphatic heterocycles. The lowest BCUT2D eigenvalue weighted by atomic mass is 9.91. The highest BCUT2D eigenvalue weighted by molar-refractivity contribution is 9.10. The number of Topliss-reactive ketones (excluding diaryl/α,β-unsaturated/α-hetero) is 7. The van der Waals surface area contributed by atoms with Gasteiger partial charge in [-0.25, -0.2) is 9.97 Å². The fourth-order valence-corrected chi connectivity index (χ4v) is 14.4. The van der Waals surface area contributed by atoms with Crippen LogP contribution in [-0.2, 0) is 85.8 Å². The van der Waals surface area contributed by atoms with E-state index in [1.165, 1.54) is 6.20 Å². The quantitative estimate of drug-likeness (QED) is 0.0393. The first kappa shape index (κ1) is 87.4. The maximum atomic E-state index is 12.2. The molecule has 1 fully saturated rings. The van der Waals surface area contributed by atoms with Crippen LogP contribution in [0.5, 0.6) is 0 Å². The first-order valence-corrected chi connectivity index (χ1v) is 40.9. The second kappa shape index (κ2) is 42.5. The minimum Gasteiger partial charge on any atom is -0.398 e. The van der Waals surface area contributed by atoms with E-state index < -0.39 is 0 Å². The molecule has 23 heteroatoms. The molecule has 20 nitrogen and oxygen atoms in total. The van der Waals surface area contributed by atoms with Gasteiger partial charge in [0.15, 0.2) is 46.8 Å². The van der Waals surface area contributed by atoms with E-state index in [1.54, 1.807) is 36.7 Å². The van der Waals surface area contributed by atoms with Crippen LogP contribution in [0.4, 0.5) is 11.4 Å². The van der Waals surface area contributed by atoms with E-state index in [-0.39, 0.29) is 47.1 Å². The molecule has 0 radical (unpaired) electrons. The summed E-state index contributed by atoms with van der Waals surface area (Å²) in [4.78, 5) is 131. The van der Waals surface area contributed by atoms with Crippen LogP contribution in [0, 0.1) is 0 Å². The molecule has 6 aliphatic carbocycles. The van der Waals surface area contributed by atoms with Gasteiger partial charge in [-0.1, -0.05) is 77.6 Å². The third kappa shape index (κ3) is 23.6. The number of fused-ring (bicyclic) bond motifs is 6. The molecule has 0 saturated carbocycles. The molecule has 0 aromatic carbocycles. The van der Waals surface area contributed by atoms with Crippen LogP contribution >= 0.6 is 47.8 Å². The fraction of sp³-hybridized carbons (Fsp3) is 0.297. The van der Waals surface area contributed by atoms with E-state index in [1.807, 2.05) is 152 Å². The summed E-state index contributed by atoms with van der Waals surface area (Å²) in [5, 5.41) is 9.68. The van der Waals surface area contributed by atoms with Crippen molar-refractivity contribution in [2.75, 3.05) is 36.8 Å². The lowest BCUT2D eigenvalue weighted by Gasteiger charge is -2.35. The van der Waals surface area contributed by atoms with Gasteiger partial charge in [0.05, 0.1) is 52.5 Å². The van der Waals surface area contributed by atoms with Crippen LogP contribution in [0.2, 0.25) is 0 Å². The van der Waals surface area contributed by atoms with Crippen molar-refractivity contribution < 1.29 is 43.5 Å². The van der Waals surface area contributed by atoms with Crippen molar-refractivity contribution in [3.05, 3.63) is 266 Å². The number of pyridine rings is 8. The highest BCUT2D eigenvalue weighted by atomic mass is 79.9. The molecule has 8 aromatic rings. The number of aldehydes is 1. The lowest BCUT2D eigenvalue weighted by molar-refractivity contribution is -0.115. The number of anilines is 2. The third-order valence-corrected chi connectivity index (χ3v) is 21.5. The van der Waals surface area contributed by atoms with Gasteiger partial charge in [-0.05, 0) is 274 Å². The summed E-state index contributed by atoms with van der Waals surface area (Å²) in [6, 6.07) is 17.1. The molecule has 7 aliphatic rings. The predicted molar refractivity (Wildman–Crippen MR) is 462 cm³/mol. The molecule has 8 aromatic heterocycles. The molecular formula is C91H94Br3N11O9. The summed E-state index contributed by atoms with van der Waals surface area (Å²) >= 11 is 9.78. The molecule has 9 heterocycles. The lowest BCUT2D eigenvalue weighted by Crippen LogP contribution is -2.46. The number of ketones is 7. The molecule has 0 bridgehead atoms. The zero-order chi connectivity index (χ0) is 82.1. The molecule has 588 valence electrons. The predicted octanol–water partition coefficient (Wildman–Crippen LogP) is 17.0. The van der Waals surface area contributed by atoms with Gasteiger partial charge in [0.25, 0.3) is 0 Å². The maximum Gasteiger partial charge on any atom is 0.180 e. The zero-order valence-corrected chi connectivity index (χ0v) is 70.2. The molecule has 15 rings (SSSR count). The molecule has 0 unspecified atom stereocenters. The number of allylic oxidation sites excluding steroid dienone is 6. The van der Waals surface area contributed by atoms with Crippen molar-refractivity contribution >= 4 is 155 Å².